The molecule has 0 fully saturated rings. The Bertz CT molecular complexity index is 323. The van der Waals surface area contributed by atoms with Gasteiger partial charge >= 0.3 is 0 Å². The van der Waals surface area contributed by atoms with Gasteiger partial charge in [-0.2, -0.15) is 0 Å². The van der Waals surface area contributed by atoms with Crippen molar-refractivity contribution in [2.24, 2.45) is 0 Å². The Morgan fingerprint density at radius 1 is 1.24 bits per heavy atom. The highest BCUT2D eigenvalue weighted by Gasteiger charge is 2.09. The van der Waals surface area contributed by atoms with Gasteiger partial charge in [-0.25, -0.2) is 9.97 Å². The van der Waals surface area contributed by atoms with E-state index in [1.54, 1.807) is 18.5 Å². The average Bonchev–Trinajstić information content (AvgIpc) is 2.30. The predicted molar refractivity (Wildman–Crippen MR) is 67.7 cm³/mol. The van der Waals surface area contributed by atoms with E-state index in [1.807, 2.05) is 0 Å². The van der Waals surface area contributed by atoms with E-state index in [2.05, 4.69) is 34.0 Å². The van der Waals surface area contributed by atoms with Crippen molar-refractivity contribution in [3.05, 3.63) is 18.5 Å². The van der Waals surface area contributed by atoms with Gasteiger partial charge in [0.25, 0.3) is 0 Å². The molecule has 0 aliphatic carbocycles. The average molecular weight is 236 g/mol. The summed E-state index contributed by atoms with van der Waals surface area (Å²) < 4.78 is 0. The highest BCUT2D eigenvalue weighted by molar-refractivity contribution is 5.90. The molecule has 0 aliphatic rings. The Morgan fingerprint density at radius 2 is 1.82 bits per heavy atom. The van der Waals surface area contributed by atoms with Gasteiger partial charge in [0, 0.05) is 12.4 Å². The molecule has 0 atom stereocenters. The first kappa shape index (κ1) is 13.6. The quantitative estimate of drug-likeness (QED) is 0.780. The maximum absolute atomic E-state index is 11.7. The summed E-state index contributed by atoms with van der Waals surface area (Å²) in [5.41, 5.74) is 0. The van der Waals surface area contributed by atoms with E-state index in [-0.39, 0.29) is 5.91 Å². The molecule has 1 aromatic rings. The van der Waals surface area contributed by atoms with E-state index < -0.39 is 0 Å². The predicted octanol–water partition coefficient (Wildman–Crippen LogP) is 1.54. The zero-order valence-electron chi connectivity index (χ0n) is 10.5. The maximum atomic E-state index is 11.7. The molecule has 1 amide bonds. The lowest BCUT2D eigenvalue weighted by Crippen LogP contribution is -2.34. The summed E-state index contributed by atoms with van der Waals surface area (Å²) >= 11 is 0. The van der Waals surface area contributed by atoms with E-state index in [0.717, 1.165) is 25.9 Å². The normalized spacial score (nSPS) is 10.5. The van der Waals surface area contributed by atoms with Crippen LogP contribution in [0.5, 0.6) is 0 Å². The molecule has 0 aromatic carbocycles. The molecule has 0 bridgehead atoms. The molecule has 1 rings (SSSR count). The zero-order chi connectivity index (χ0) is 12.5. The summed E-state index contributed by atoms with van der Waals surface area (Å²) in [5, 5.41) is 2.69. The van der Waals surface area contributed by atoms with Crippen LogP contribution in [0.25, 0.3) is 0 Å². The molecule has 94 valence electrons. The Hall–Kier alpha value is -1.49. The van der Waals surface area contributed by atoms with Crippen LogP contribution in [-0.2, 0) is 4.79 Å². The standard InChI is InChI=1S/C12H20N4O/c1-3-8-16(9-4-2)10-11(17)15-12-13-6-5-7-14-12/h5-7H,3-4,8-10H2,1-2H3,(H,13,14,15,17). The Balaban J connectivity index is 2.42. The Morgan fingerprint density at radius 3 is 2.35 bits per heavy atom. The number of nitrogens with one attached hydrogen (secondary N) is 1. The summed E-state index contributed by atoms with van der Waals surface area (Å²) in [6.45, 7) is 6.51. The molecule has 5 nitrogen and oxygen atoms in total. The maximum Gasteiger partial charge on any atom is 0.240 e. The van der Waals surface area contributed by atoms with Gasteiger partial charge in [-0.05, 0) is 32.0 Å². The van der Waals surface area contributed by atoms with Crippen LogP contribution in [0.2, 0.25) is 0 Å². The third-order valence-corrected chi connectivity index (χ3v) is 2.26. The molecule has 5 heteroatoms. The second-order valence-corrected chi connectivity index (χ2v) is 3.90. The van der Waals surface area contributed by atoms with Gasteiger partial charge in [-0.1, -0.05) is 13.8 Å². The molecule has 17 heavy (non-hydrogen) atoms. The fourth-order valence-electron chi connectivity index (χ4n) is 1.63. The highest BCUT2D eigenvalue weighted by atomic mass is 16.2. The first-order chi connectivity index (χ1) is 8.26. The number of carbonyl (C=O) groups excluding carboxylic acids is 1. The monoisotopic (exact) mass is 236 g/mol. The van der Waals surface area contributed by atoms with Crippen LogP contribution in [0.3, 0.4) is 0 Å². The van der Waals surface area contributed by atoms with Crippen molar-refractivity contribution in [1.29, 1.82) is 0 Å². The lowest BCUT2D eigenvalue weighted by atomic mass is 10.3. The number of carbonyl (C=O) groups is 1. The van der Waals surface area contributed by atoms with Crippen LogP contribution < -0.4 is 5.32 Å². The fraction of sp³-hybridized carbons (Fsp3) is 0.583. The zero-order valence-corrected chi connectivity index (χ0v) is 10.5. The Kier molecular flexibility index (Phi) is 6.17. The third-order valence-electron chi connectivity index (χ3n) is 2.26. The van der Waals surface area contributed by atoms with Crippen molar-refractivity contribution < 1.29 is 4.79 Å². The van der Waals surface area contributed by atoms with E-state index in [9.17, 15) is 4.79 Å². The van der Waals surface area contributed by atoms with E-state index >= 15 is 0 Å². The van der Waals surface area contributed by atoms with Gasteiger partial charge in [0.1, 0.15) is 0 Å². The SMILES string of the molecule is CCCN(CCC)CC(=O)Nc1ncccn1. The molecule has 0 aliphatic heterocycles. The van der Waals surface area contributed by atoms with Crippen LogP contribution in [0.4, 0.5) is 5.95 Å². The molecular formula is C12H20N4O. The van der Waals surface area contributed by atoms with Crippen LogP contribution in [0.1, 0.15) is 26.7 Å². The topological polar surface area (TPSA) is 58.1 Å². The Labute approximate surface area is 102 Å². The molecule has 0 unspecified atom stereocenters. The summed E-state index contributed by atoms with van der Waals surface area (Å²) in [4.78, 5) is 21.8. The van der Waals surface area contributed by atoms with E-state index in [0.29, 0.717) is 12.5 Å². The smallest absolute Gasteiger partial charge is 0.240 e. The minimum Gasteiger partial charge on any atom is -0.295 e. The van der Waals surface area contributed by atoms with Crippen molar-refractivity contribution in [2.45, 2.75) is 26.7 Å². The van der Waals surface area contributed by atoms with Gasteiger partial charge in [0.05, 0.1) is 6.54 Å². The highest BCUT2D eigenvalue weighted by Crippen LogP contribution is 1.97. The van der Waals surface area contributed by atoms with E-state index in [1.165, 1.54) is 0 Å². The number of amides is 1. The molecular weight excluding hydrogens is 216 g/mol. The number of hydrogen-bond donors (Lipinski definition) is 1. The van der Waals surface area contributed by atoms with Crippen molar-refractivity contribution in [3.63, 3.8) is 0 Å². The van der Waals surface area contributed by atoms with Crippen LogP contribution in [0.15, 0.2) is 18.5 Å². The van der Waals surface area contributed by atoms with E-state index in [4.69, 9.17) is 0 Å². The van der Waals surface area contributed by atoms with Gasteiger partial charge < -0.3 is 0 Å². The van der Waals surface area contributed by atoms with Crippen LogP contribution in [-0.4, -0.2) is 40.4 Å². The van der Waals surface area contributed by atoms with Crippen LogP contribution >= 0.6 is 0 Å². The summed E-state index contributed by atoms with van der Waals surface area (Å²) in [6.07, 6.45) is 5.32. The summed E-state index contributed by atoms with van der Waals surface area (Å²) in [7, 11) is 0. The molecule has 0 saturated heterocycles. The van der Waals surface area contributed by atoms with Crippen molar-refractivity contribution >= 4 is 11.9 Å². The van der Waals surface area contributed by atoms with Crippen LogP contribution in [0, 0.1) is 0 Å². The number of aromatic nitrogens is 2. The summed E-state index contributed by atoms with van der Waals surface area (Å²) in [5.74, 6) is 0.309. The van der Waals surface area contributed by atoms with Crippen molar-refractivity contribution in [1.82, 2.24) is 14.9 Å². The lowest BCUT2D eigenvalue weighted by molar-refractivity contribution is -0.117. The molecule has 0 saturated carbocycles. The summed E-state index contributed by atoms with van der Waals surface area (Å²) in [6, 6.07) is 1.72. The first-order valence-corrected chi connectivity index (χ1v) is 6.05. The number of hydrogen-bond acceptors (Lipinski definition) is 4. The van der Waals surface area contributed by atoms with Crippen molar-refractivity contribution in [2.75, 3.05) is 25.0 Å². The lowest BCUT2D eigenvalue weighted by Gasteiger charge is -2.19. The first-order valence-electron chi connectivity index (χ1n) is 6.05. The molecule has 0 radical (unpaired) electrons. The fourth-order valence-corrected chi connectivity index (χ4v) is 1.63. The van der Waals surface area contributed by atoms with Gasteiger partial charge in [-0.3, -0.25) is 15.0 Å². The molecule has 1 heterocycles. The van der Waals surface area contributed by atoms with Gasteiger partial charge in [0.2, 0.25) is 11.9 Å². The number of rotatable bonds is 7. The van der Waals surface area contributed by atoms with Gasteiger partial charge in [-0.15, -0.1) is 0 Å². The molecule has 1 aromatic heterocycles. The third kappa shape index (κ3) is 5.40. The van der Waals surface area contributed by atoms with Crippen molar-refractivity contribution in [3.8, 4) is 0 Å². The largest absolute Gasteiger partial charge is 0.295 e. The van der Waals surface area contributed by atoms with Gasteiger partial charge in [0.15, 0.2) is 0 Å². The number of nitrogens with zero attached hydrogens (tertiary/aromatic N) is 3. The minimum absolute atomic E-state index is 0.0573. The number of anilines is 1. The second kappa shape index (κ2) is 7.73. The molecule has 0 spiro atoms. The minimum atomic E-state index is -0.0573. The second-order valence-electron chi connectivity index (χ2n) is 3.90. The molecule has 1 N–H and O–H groups in total.